The molecule has 1 N–H and O–H groups in total. The molecule has 0 saturated carbocycles. The molecule has 0 radical (unpaired) electrons. The quantitative estimate of drug-likeness (QED) is 0.347. The summed E-state index contributed by atoms with van der Waals surface area (Å²) in [5.41, 5.74) is 0.532. The number of ether oxygens (including phenoxy) is 1. The molecule has 130 valence electrons. The third-order valence-electron chi connectivity index (χ3n) is 3.83. The Labute approximate surface area is 143 Å². The summed E-state index contributed by atoms with van der Waals surface area (Å²) in [5, 5.41) is 14.0. The second kappa shape index (κ2) is 7.96. The number of hydrogen-bond donors (Lipinski definition) is 1. The smallest absolute Gasteiger partial charge is 0.310 e. The number of nitrogens with one attached hydrogen (secondary N) is 1. The Morgan fingerprint density at radius 1 is 1.54 bits per heavy atom. The third kappa shape index (κ3) is 4.35. The Morgan fingerprint density at radius 2 is 2.29 bits per heavy atom. The lowest BCUT2D eigenvalue weighted by molar-refractivity contribution is -0.384. The normalized spacial score (nSPS) is 17.0. The summed E-state index contributed by atoms with van der Waals surface area (Å²) in [6, 6.07) is 4.21. The Bertz CT molecular complexity index is 652. The van der Waals surface area contributed by atoms with Gasteiger partial charge < -0.3 is 15.0 Å². The van der Waals surface area contributed by atoms with Crippen LogP contribution in [0.5, 0.6) is 0 Å². The Hall–Kier alpha value is -2.35. The monoisotopic (exact) mass is 355 g/mol. The van der Waals surface area contributed by atoms with Crippen molar-refractivity contribution in [3.05, 3.63) is 33.3 Å². The maximum Gasteiger partial charge on any atom is 0.310 e. The number of nitro benzene ring substituents is 1. The summed E-state index contributed by atoms with van der Waals surface area (Å²) >= 11 is 5.99. The first kappa shape index (κ1) is 18.0. The second-order valence-corrected chi connectivity index (χ2v) is 5.87. The first-order valence-corrected chi connectivity index (χ1v) is 7.83. The first-order chi connectivity index (χ1) is 11.4. The molecule has 0 bridgehead atoms. The molecule has 9 heteroatoms. The number of esters is 1. The van der Waals surface area contributed by atoms with E-state index in [1.165, 1.54) is 19.2 Å². The first-order valence-electron chi connectivity index (χ1n) is 7.45. The van der Waals surface area contributed by atoms with E-state index in [0.29, 0.717) is 31.7 Å². The molecule has 1 saturated heterocycles. The fourth-order valence-electron chi connectivity index (χ4n) is 2.57. The van der Waals surface area contributed by atoms with Gasteiger partial charge in [-0.25, -0.2) is 0 Å². The molecule has 0 unspecified atom stereocenters. The summed E-state index contributed by atoms with van der Waals surface area (Å²) < 4.78 is 4.66. The van der Waals surface area contributed by atoms with E-state index in [9.17, 15) is 19.7 Å². The number of halogens is 1. The zero-order valence-electron chi connectivity index (χ0n) is 13.2. The SMILES string of the molecule is COC(=O)[C@H]1CC(=O)N(CCCNc2ccc([N+](=O)[O-])cc2Cl)C1. The lowest BCUT2D eigenvalue weighted by Gasteiger charge is -2.16. The number of likely N-dealkylation sites (tertiary alicyclic amines) is 1. The van der Waals surface area contributed by atoms with Crippen LogP contribution in [0.4, 0.5) is 11.4 Å². The van der Waals surface area contributed by atoms with Gasteiger partial charge in [0.05, 0.1) is 28.7 Å². The number of carbonyl (C=O) groups excluding carboxylic acids is 2. The van der Waals surface area contributed by atoms with Crippen molar-refractivity contribution in [2.24, 2.45) is 5.92 Å². The minimum Gasteiger partial charge on any atom is -0.469 e. The predicted molar refractivity (Wildman–Crippen MR) is 87.9 cm³/mol. The molecular weight excluding hydrogens is 338 g/mol. The molecule has 1 aromatic rings. The molecule has 24 heavy (non-hydrogen) atoms. The fourth-order valence-corrected chi connectivity index (χ4v) is 2.81. The zero-order chi connectivity index (χ0) is 17.7. The highest BCUT2D eigenvalue weighted by atomic mass is 35.5. The molecular formula is C15H18ClN3O5. The van der Waals surface area contributed by atoms with Crippen LogP contribution in [0.1, 0.15) is 12.8 Å². The minimum atomic E-state index is -0.508. The summed E-state index contributed by atoms with van der Waals surface area (Å²) in [5.74, 6) is -0.806. The van der Waals surface area contributed by atoms with Crippen LogP contribution in [0.25, 0.3) is 0 Å². The summed E-state index contributed by atoms with van der Waals surface area (Å²) in [6.45, 7) is 1.44. The van der Waals surface area contributed by atoms with Gasteiger partial charge in [-0.2, -0.15) is 0 Å². The lowest BCUT2D eigenvalue weighted by Crippen LogP contribution is -2.28. The number of nitrogens with zero attached hydrogens (tertiary/aromatic N) is 2. The molecule has 1 fully saturated rings. The molecule has 1 atom stereocenters. The molecule has 1 amide bonds. The van der Waals surface area contributed by atoms with Crippen molar-refractivity contribution in [2.75, 3.05) is 32.1 Å². The number of nitro groups is 1. The van der Waals surface area contributed by atoms with Crippen LogP contribution in [0.15, 0.2) is 18.2 Å². The molecule has 0 aliphatic carbocycles. The number of benzene rings is 1. The van der Waals surface area contributed by atoms with E-state index in [-0.39, 0.29) is 34.9 Å². The van der Waals surface area contributed by atoms with E-state index in [0.717, 1.165) is 0 Å². The van der Waals surface area contributed by atoms with Gasteiger partial charge in [-0.3, -0.25) is 19.7 Å². The van der Waals surface area contributed by atoms with Crippen molar-refractivity contribution in [3.63, 3.8) is 0 Å². The van der Waals surface area contributed by atoms with Gasteiger partial charge in [-0.1, -0.05) is 11.6 Å². The Balaban J connectivity index is 1.78. The number of carbonyl (C=O) groups is 2. The number of amides is 1. The maximum absolute atomic E-state index is 11.8. The van der Waals surface area contributed by atoms with Gasteiger partial charge in [0.15, 0.2) is 0 Å². The number of hydrogen-bond acceptors (Lipinski definition) is 6. The third-order valence-corrected chi connectivity index (χ3v) is 4.15. The number of anilines is 1. The highest BCUT2D eigenvalue weighted by Crippen LogP contribution is 2.26. The van der Waals surface area contributed by atoms with Gasteiger partial charge in [-0.05, 0) is 12.5 Å². The molecule has 8 nitrogen and oxygen atoms in total. The van der Waals surface area contributed by atoms with Gasteiger partial charge in [0.2, 0.25) is 5.91 Å². The van der Waals surface area contributed by atoms with Crippen molar-refractivity contribution in [3.8, 4) is 0 Å². The molecule has 1 aliphatic rings. The largest absolute Gasteiger partial charge is 0.469 e. The van der Waals surface area contributed by atoms with Crippen LogP contribution >= 0.6 is 11.6 Å². The standard InChI is InChI=1S/C15H18ClN3O5/c1-24-15(21)10-7-14(20)18(9-10)6-2-5-17-13-4-3-11(19(22)23)8-12(13)16/h3-4,8,10,17H,2,5-7,9H2,1H3/t10-/m0/s1. The van der Waals surface area contributed by atoms with Gasteiger partial charge in [0.25, 0.3) is 5.69 Å². The van der Waals surface area contributed by atoms with Gasteiger partial charge in [0.1, 0.15) is 0 Å². The highest BCUT2D eigenvalue weighted by Gasteiger charge is 2.34. The summed E-state index contributed by atoms with van der Waals surface area (Å²) in [6.07, 6.45) is 0.848. The number of methoxy groups -OCH3 is 1. The van der Waals surface area contributed by atoms with E-state index in [1.807, 2.05) is 0 Å². The topological polar surface area (TPSA) is 102 Å². The highest BCUT2D eigenvalue weighted by molar-refractivity contribution is 6.33. The van der Waals surface area contributed by atoms with Crippen molar-refractivity contribution in [1.29, 1.82) is 0 Å². The average Bonchev–Trinajstić information content (AvgIpc) is 2.92. The fraction of sp³-hybridized carbons (Fsp3) is 0.467. The van der Waals surface area contributed by atoms with E-state index < -0.39 is 4.92 Å². The molecule has 1 heterocycles. The van der Waals surface area contributed by atoms with Gasteiger partial charge >= 0.3 is 5.97 Å². The van der Waals surface area contributed by atoms with E-state index in [2.05, 4.69) is 10.1 Å². The summed E-state index contributed by atoms with van der Waals surface area (Å²) in [7, 11) is 1.31. The molecule has 1 aliphatic heterocycles. The van der Waals surface area contributed by atoms with Crippen molar-refractivity contribution >= 4 is 34.9 Å². The van der Waals surface area contributed by atoms with Crippen molar-refractivity contribution in [1.82, 2.24) is 4.90 Å². The van der Waals surface area contributed by atoms with E-state index in [4.69, 9.17) is 11.6 Å². The van der Waals surface area contributed by atoms with Crippen LogP contribution in [0.3, 0.4) is 0 Å². The van der Waals surface area contributed by atoms with Crippen molar-refractivity contribution in [2.45, 2.75) is 12.8 Å². The van der Waals surface area contributed by atoms with Gasteiger partial charge in [0, 0.05) is 38.2 Å². The van der Waals surface area contributed by atoms with Crippen LogP contribution in [0.2, 0.25) is 5.02 Å². The Morgan fingerprint density at radius 3 is 2.92 bits per heavy atom. The zero-order valence-corrected chi connectivity index (χ0v) is 13.9. The van der Waals surface area contributed by atoms with E-state index >= 15 is 0 Å². The lowest BCUT2D eigenvalue weighted by atomic mass is 10.1. The Kier molecular flexibility index (Phi) is 5.97. The van der Waals surface area contributed by atoms with Gasteiger partial charge in [-0.15, -0.1) is 0 Å². The number of non-ortho nitro benzene ring substituents is 1. The number of rotatable bonds is 7. The van der Waals surface area contributed by atoms with Crippen LogP contribution in [0, 0.1) is 16.0 Å². The summed E-state index contributed by atoms with van der Waals surface area (Å²) in [4.78, 5) is 35.1. The van der Waals surface area contributed by atoms with Crippen LogP contribution in [-0.2, 0) is 14.3 Å². The average molecular weight is 356 g/mol. The molecule has 0 spiro atoms. The molecule has 0 aromatic heterocycles. The second-order valence-electron chi connectivity index (χ2n) is 5.47. The van der Waals surface area contributed by atoms with E-state index in [1.54, 1.807) is 11.0 Å². The van der Waals surface area contributed by atoms with Crippen LogP contribution in [-0.4, -0.2) is 48.4 Å². The molecule has 1 aromatic carbocycles. The van der Waals surface area contributed by atoms with Crippen molar-refractivity contribution < 1.29 is 19.2 Å². The predicted octanol–water partition coefficient (Wildman–Crippen LogP) is 2.07. The minimum absolute atomic E-state index is 0.0567. The van der Waals surface area contributed by atoms with Crippen LogP contribution < -0.4 is 5.32 Å². The maximum atomic E-state index is 11.8. The molecule has 2 rings (SSSR count).